The van der Waals surface area contributed by atoms with Crippen molar-refractivity contribution in [2.75, 3.05) is 6.61 Å². The summed E-state index contributed by atoms with van der Waals surface area (Å²) in [6.45, 7) is 4.87. The highest BCUT2D eigenvalue weighted by atomic mass is 16.5. The second-order valence-corrected chi connectivity index (χ2v) is 4.29. The standard InChI is InChI=1S/C15H18N2O/c1-3-4-11-18-14-8-6-13(7-9-14)15-10-5-12(2)16-17-15/h5-10H,3-4,11H2,1-2H3. The molecule has 0 spiro atoms. The summed E-state index contributed by atoms with van der Waals surface area (Å²) in [6.07, 6.45) is 2.24. The van der Waals surface area contributed by atoms with E-state index in [9.17, 15) is 0 Å². The minimum atomic E-state index is 0.778. The van der Waals surface area contributed by atoms with E-state index in [0.717, 1.165) is 42.1 Å². The third kappa shape index (κ3) is 3.29. The van der Waals surface area contributed by atoms with Crippen molar-refractivity contribution in [1.82, 2.24) is 10.2 Å². The zero-order valence-corrected chi connectivity index (χ0v) is 10.9. The Morgan fingerprint density at radius 3 is 2.39 bits per heavy atom. The van der Waals surface area contributed by atoms with Crippen molar-refractivity contribution in [3.63, 3.8) is 0 Å². The summed E-state index contributed by atoms with van der Waals surface area (Å²) >= 11 is 0. The van der Waals surface area contributed by atoms with E-state index in [1.165, 1.54) is 0 Å². The molecular weight excluding hydrogens is 224 g/mol. The maximum absolute atomic E-state index is 5.62. The molecule has 1 aromatic carbocycles. The largest absolute Gasteiger partial charge is 0.494 e. The van der Waals surface area contributed by atoms with E-state index in [1.807, 2.05) is 43.3 Å². The van der Waals surface area contributed by atoms with Gasteiger partial charge in [0.25, 0.3) is 0 Å². The van der Waals surface area contributed by atoms with Gasteiger partial charge in [0.2, 0.25) is 0 Å². The molecule has 0 amide bonds. The van der Waals surface area contributed by atoms with E-state index in [2.05, 4.69) is 17.1 Å². The molecule has 2 aromatic rings. The van der Waals surface area contributed by atoms with Crippen LogP contribution in [0.5, 0.6) is 5.75 Å². The molecule has 0 unspecified atom stereocenters. The third-order valence-electron chi connectivity index (χ3n) is 2.71. The van der Waals surface area contributed by atoms with Crippen LogP contribution in [0.4, 0.5) is 0 Å². The van der Waals surface area contributed by atoms with Crippen molar-refractivity contribution in [1.29, 1.82) is 0 Å². The van der Waals surface area contributed by atoms with Gasteiger partial charge in [-0.1, -0.05) is 13.3 Å². The fourth-order valence-electron chi connectivity index (χ4n) is 1.61. The zero-order chi connectivity index (χ0) is 12.8. The number of unbranched alkanes of at least 4 members (excludes halogenated alkanes) is 1. The van der Waals surface area contributed by atoms with Crippen LogP contribution < -0.4 is 4.74 Å². The molecule has 0 aliphatic rings. The van der Waals surface area contributed by atoms with Crippen LogP contribution in [0.1, 0.15) is 25.5 Å². The summed E-state index contributed by atoms with van der Waals surface area (Å²) in [7, 11) is 0. The first-order chi connectivity index (χ1) is 8.79. The molecule has 1 aromatic heterocycles. The van der Waals surface area contributed by atoms with Crippen LogP contribution in [0.2, 0.25) is 0 Å². The molecule has 0 N–H and O–H groups in total. The topological polar surface area (TPSA) is 35.0 Å². The minimum absolute atomic E-state index is 0.778. The van der Waals surface area contributed by atoms with Gasteiger partial charge in [0.15, 0.2) is 0 Å². The molecule has 18 heavy (non-hydrogen) atoms. The number of hydrogen-bond donors (Lipinski definition) is 0. The quantitative estimate of drug-likeness (QED) is 0.751. The van der Waals surface area contributed by atoms with Gasteiger partial charge in [-0.05, 0) is 49.7 Å². The van der Waals surface area contributed by atoms with E-state index >= 15 is 0 Å². The van der Waals surface area contributed by atoms with E-state index in [0.29, 0.717) is 0 Å². The zero-order valence-electron chi connectivity index (χ0n) is 10.9. The summed E-state index contributed by atoms with van der Waals surface area (Å²) in [6, 6.07) is 11.9. The maximum atomic E-state index is 5.62. The van der Waals surface area contributed by atoms with Crippen LogP contribution in [0, 0.1) is 6.92 Å². The number of rotatable bonds is 5. The lowest BCUT2D eigenvalue weighted by Crippen LogP contribution is -1.96. The second kappa shape index (κ2) is 6.15. The number of aryl methyl sites for hydroxylation is 1. The molecule has 0 aliphatic carbocycles. The highest BCUT2D eigenvalue weighted by Gasteiger charge is 2.00. The summed E-state index contributed by atoms with van der Waals surface area (Å²) < 4.78 is 5.62. The predicted molar refractivity (Wildman–Crippen MR) is 72.6 cm³/mol. The van der Waals surface area contributed by atoms with E-state index in [4.69, 9.17) is 4.74 Å². The Balaban J connectivity index is 2.05. The Morgan fingerprint density at radius 1 is 1.00 bits per heavy atom. The average Bonchev–Trinajstić information content (AvgIpc) is 2.41. The lowest BCUT2D eigenvalue weighted by atomic mass is 10.1. The van der Waals surface area contributed by atoms with Crippen molar-refractivity contribution < 1.29 is 4.74 Å². The van der Waals surface area contributed by atoms with E-state index < -0.39 is 0 Å². The molecule has 0 bridgehead atoms. The normalized spacial score (nSPS) is 10.3. The van der Waals surface area contributed by atoms with Gasteiger partial charge in [0.05, 0.1) is 18.0 Å². The van der Waals surface area contributed by atoms with Crippen molar-refractivity contribution >= 4 is 0 Å². The Bertz CT molecular complexity index is 477. The van der Waals surface area contributed by atoms with Gasteiger partial charge >= 0.3 is 0 Å². The highest BCUT2D eigenvalue weighted by molar-refractivity contribution is 5.59. The van der Waals surface area contributed by atoms with Crippen LogP contribution in [0.15, 0.2) is 36.4 Å². The second-order valence-electron chi connectivity index (χ2n) is 4.29. The summed E-state index contributed by atoms with van der Waals surface area (Å²) in [4.78, 5) is 0. The molecule has 0 aliphatic heterocycles. The summed E-state index contributed by atoms with van der Waals surface area (Å²) in [5.41, 5.74) is 2.88. The molecule has 0 saturated heterocycles. The van der Waals surface area contributed by atoms with Crippen LogP contribution in [-0.4, -0.2) is 16.8 Å². The number of hydrogen-bond acceptors (Lipinski definition) is 3. The molecule has 0 fully saturated rings. The molecular formula is C15H18N2O. The Kier molecular flexibility index (Phi) is 4.29. The Morgan fingerprint density at radius 2 is 1.78 bits per heavy atom. The molecule has 0 atom stereocenters. The van der Waals surface area contributed by atoms with Gasteiger partial charge in [-0.15, -0.1) is 0 Å². The van der Waals surface area contributed by atoms with Gasteiger partial charge in [-0.2, -0.15) is 10.2 Å². The van der Waals surface area contributed by atoms with Gasteiger partial charge in [-0.3, -0.25) is 0 Å². The lowest BCUT2D eigenvalue weighted by Gasteiger charge is -2.06. The van der Waals surface area contributed by atoms with Crippen LogP contribution in [0.25, 0.3) is 11.3 Å². The minimum Gasteiger partial charge on any atom is -0.494 e. The fraction of sp³-hybridized carbons (Fsp3) is 0.333. The predicted octanol–water partition coefficient (Wildman–Crippen LogP) is 3.63. The van der Waals surface area contributed by atoms with Crippen molar-refractivity contribution in [2.45, 2.75) is 26.7 Å². The monoisotopic (exact) mass is 242 g/mol. The molecule has 0 saturated carbocycles. The van der Waals surface area contributed by atoms with Crippen molar-refractivity contribution in [2.24, 2.45) is 0 Å². The molecule has 0 radical (unpaired) electrons. The maximum Gasteiger partial charge on any atom is 0.119 e. The SMILES string of the molecule is CCCCOc1ccc(-c2ccc(C)nn2)cc1. The molecule has 3 nitrogen and oxygen atoms in total. The number of benzene rings is 1. The van der Waals surface area contributed by atoms with Crippen LogP contribution in [0.3, 0.4) is 0 Å². The van der Waals surface area contributed by atoms with E-state index in [1.54, 1.807) is 0 Å². The van der Waals surface area contributed by atoms with Gasteiger partial charge in [0, 0.05) is 5.56 Å². The smallest absolute Gasteiger partial charge is 0.119 e. The Hall–Kier alpha value is -1.90. The number of aromatic nitrogens is 2. The van der Waals surface area contributed by atoms with E-state index in [-0.39, 0.29) is 0 Å². The van der Waals surface area contributed by atoms with Gasteiger partial charge < -0.3 is 4.74 Å². The highest BCUT2D eigenvalue weighted by Crippen LogP contribution is 2.20. The fourth-order valence-corrected chi connectivity index (χ4v) is 1.61. The van der Waals surface area contributed by atoms with Crippen LogP contribution >= 0.6 is 0 Å². The number of ether oxygens (including phenoxy) is 1. The molecule has 3 heteroatoms. The van der Waals surface area contributed by atoms with Gasteiger partial charge in [0.1, 0.15) is 5.75 Å². The van der Waals surface area contributed by atoms with Gasteiger partial charge in [-0.25, -0.2) is 0 Å². The first-order valence-electron chi connectivity index (χ1n) is 6.33. The van der Waals surface area contributed by atoms with Crippen molar-refractivity contribution in [3.8, 4) is 17.0 Å². The summed E-state index contributed by atoms with van der Waals surface area (Å²) in [5.74, 6) is 0.910. The average molecular weight is 242 g/mol. The molecule has 1 heterocycles. The third-order valence-corrected chi connectivity index (χ3v) is 2.71. The first kappa shape index (κ1) is 12.6. The summed E-state index contributed by atoms with van der Waals surface area (Å²) in [5, 5.41) is 8.22. The van der Waals surface area contributed by atoms with Crippen molar-refractivity contribution in [3.05, 3.63) is 42.1 Å². The first-order valence-corrected chi connectivity index (χ1v) is 6.33. The Labute approximate surface area is 108 Å². The lowest BCUT2D eigenvalue weighted by molar-refractivity contribution is 0.309. The van der Waals surface area contributed by atoms with Crippen LogP contribution in [-0.2, 0) is 0 Å². The number of nitrogens with zero attached hydrogens (tertiary/aromatic N) is 2. The molecule has 2 rings (SSSR count). The molecule has 94 valence electrons.